The molecular formula is C15H23N. The van der Waals surface area contributed by atoms with Crippen molar-refractivity contribution in [2.45, 2.75) is 46.1 Å². The fourth-order valence-electron chi connectivity index (χ4n) is 3.09. The lowest BCUT2D eigenvalue weighted by Gasteiger charge is -2.53. The standard InChI is InChI=1S/C15H23N/c1-10-7-6-8-12(11(10)2)13-9-14(16-5)15(13,3)4/h6-8,13-14,16H,9H2,1-5H3. The molecule has 1 aliphatic carbocycles. The normalized spacial score (nSPS) is 27.6. The molecule has 0 heterocycles. The van der Waals surface area contributed by atoms with Crippen molar-refractivity contribution in [1.29, 1.82) is 0 Å². The van der Waals surface area contributed by atoms with E-state index < -0.39 is 0 Å². The van der Waals surface area contributed by atoms with E-state index in [1.54, 1.807) is 5.56 Å². The van der Waals surface area contributed by atoms with Crippen molar-refractivity contribution in [2.24, 2.45) is 5.41 Å². The Hall–Kier alpha value is -0.820. The molecule has 1 nitrogen and oxygen atoms in total. The van der Waals surface area contributed by atoms with Crippen molar-refractivity contribution >= 4 is 0 Å². The Morgan fingerprint density at radius 1 is 1.25 bits per heavy atom. The van der Waals surface area contributed by atoms with Gasteiger partial charge in [0.15, 0.2) is 0 Å². The molecule has 0 amide bonds. The van der Waals surface area contributed by atoms with Gasteiger partial charge in [-0.2, -0.15) is 0 Å². The van der Waals surface area contributed by atoms with Gasteiger partial charge in [0.25, 0.3) is 0 Å². The Bertz CT molecular complexity index is 392. The van der Waals surface area contributed by atoms with E-state index in [0.29, 0.717) is 17.4 Å². The van der Waals surface area contributed by atoms with Crippen molar-refractivity contribution < 1.29 is 0 Å². The molecule has 1 heteroatoms. The molecule has 0 saturated heterocycles. The molecule has 1 fully saturated rings. The first-order chi connectivity index (χ1) is 7.48. The largest absolute Gasteiger partial charge is 0.316 e. The summed E-state index contributed by atoms with van der Waals surface area (Å²) in [5.74, 6) is 0.713. The van der Waals surface area contributed by atoms with Gasteiger partial charge in [0, 0.05) is 6.04 Å². The number of hydrogen-bond donors (Lipinski definition) is 1. The summed E-state index contributed by atoms with van der Waals surface area (Å²) in [5, 5.41) is 3.43. The highest BCUT2D eigenvalue weighted by atomic mass is 14.9. The van der Waals surface area contributed by atoms with Crippen LogP contribution in [0.15, 0.2) is 18.2 Å². The van der Waals surface area contributed by atoms with Crippen molar-refractivity contribution in [1.82, 2.24) is 5.32 Å². The Kier molecular flexibility index (Phi) is 2.83. The van der Waals surface area contributed by atoms with Gasteiger partial charge in [0.1, 0.15) is 0 Å². The van der Waals surface area contributed by atoms with E-state index in [2.05, 4.69) is 58.3 Å². The van der Waals surface area contributed by atoms with Gasteiger partial charge in [-0.15, -0.1) is 0 Å². The lowest BCUT2D eigenvalue weighted by Crippen LogP contribution is -2.54. The summed E-state index contributed by atoms with van der Waals surface area (Å²) in [6.45, 7) is 9.22. The molecule has 1 aromatic carbocycles. The summed E-state index contributed by atoms with van der Waals surface area (Å²) < 4.78 is 0. The molecule has 0 aliphatic heterocycles. The van der Waals surface area contributed by atoms with Crippen LogP contribution >= 0.6 is 0 Å². The molecule has 0 bridgehead atoms. The van der Waals surface area contributed by atoms with Crippen molar-refractivity contribution in [3.05, 3.63) is 34.9 Å². The van der Waals surface area contributed by atoms with E-state index in [9.17, 15) is 0 Å². The Morgan fingerprint density at radius 2 is 1.94 bits per heavy atom. The number of benzene rings is 1. The summed E-state index contributed by atoms with van der Waals surface area (Å²) >= 11 is 0. The lowest BCUT2D eigenvalue weighted by molar-refractivity contribution is 0.0747. The molecule has 1 saturated carbocycles. The fourth-order valence-corrected chi connectivity index (χ4v) is 3.09. The SMILES string of the molecule is CNC1CC(c2cccc(C)c2C)C1(C)C. The maximum absolute atomic E-state index is 3.43. The summed E-state index contributed by atoms with van der Waals surface area (Å²) in [7, 11) is 2.08. The second-order valence-corrected chi connectivity index (χ2v) is 5.74. The summed E-state index contributed by atoms with van der Waals surface area (Å²) in [6.07, 6.45) is 1.27. The molecule has 1 N–H and O–H groups in total. The topological polar surface area (TPSA) is 12.0 Å². The predicted molar refractivity (Wildman–Crippen MR) is 69.9 cm³/mol. The van der Waals surface area contributed by atoms with Gasteiger partial charge in [-0.1, -0.05) is 32.0 Å². The molecule has 2 unspecified atom stereocenters. The molecule has 0 spiro atoms. The second kappa shape index (κ2) is 3.89. The van der Waals surface area contributed by atoms with Crippen LogP contribution in [0.25, 0.3) is 0 Å². The zero-order chi connectivity index (χ0) is 11.9. The van der Waals surface area contributed by atoms with Gasteiger partial charge in [0.2, 0.25) is 0 Å². The van der Waals surface area contributed by atoms with Crippen LogP contribution in [0.1, 0.15) is 42.9 Å². The lowest BCUT2D eigenvalue weighted by atomic mass is 9.56. The minimum Gasteiger partial charge on any atom is -0.316 e. The average molecular weight is 217 g/mol. The maximum atomic E-state index is 3.43. The fraction of sp³-hybridized carbons (Fsp3) is 0.600. The van der Waals surface area contributed by atoms with E-state index in [4.69, 9.17) is 0 Å². The molecule has 1 aliphatic rings. The zero-order valence-corrected chi connectivity index (χ0v) is 11.1. The highest BCUT2D eigenvalue weighted by Gasteiger charge is 2.48. The molecule has 16 heavy (non-hydrogen) atoms. The smallest absolute Gasteiger partial charge is 0.0127 e. The molecule has 88 valence electrons. The first kappa shape index (κ1) is 11.7. The molecular weight excluding hydrogens is 194 g/mol. The third-order valence-electron chi connectivity index (χ3n) is 4.64. The van der Waals surface area contributed by atoms with Gasteiger partial charge in [-0.05, 0) is 55.3 Å². The van der Waals surface area contributed by atoms with Gasteiger partial charge >= 0.3 is 0 Å². The van der Waals surface area contributed by atoms with Crippen molar-refractivity contribution in [3.63, 3.8) is 0 Å². The van der Waals surface area contributed by atoms with Crippen LogP contribution in [-0.2, 0) is 0 Å². The number of rotatable bonds is 2. The number of nitrogens with one attached hydrogen (secondary N) is 1. The van der Waals surface area contributed by atoms with Crippen LogP contribution in [0.3, 0.4) is 0 Å². The molecule has 0 radical (unpaired) electrons. The van der Waals surface area contributed by atoms with Gasteiger partial charge in [0.05, 0.1) is 0 Å². The predicted octanol–water partition coefficient (Wildman–Crippen LogP) is 3.40. The first-order valence-corrected chi connectivity index (χ1v) is 6.22. The van der Waals surface area contributed by atoms with Gasteiger partial charge in [-0.25, -0.2) is 0 Å². The van der Waals surface area contributed by atoms with E-state index in [0.717, 1.165) is 0 Å². The Balaban J connectivity index is 2.31. The molecule has 2 rings (SSSR count). The third-order valence-corrected chi connectivity index (χ3v) is 4.64. The number of aryl methyl sites for hydroxylation is 1. The molecule has 0 aromatic heterocycles. The second-order valence-electron chi connectivity index (χ2n) is 5.74. The van der Waals surface area contributed by atoms with E-state index >= 15 is 0 Å². The van der Waals surface area contributed by atoms with Crippen LogP contribution in [0.4, 0.5) is 0 Å². The summed E-state index contributed by atoms with van der Waals surface area (Å²) in [4.78, 5) is 0. The van der Waals surface area contributed by atoms with Crippen LogP contribution in [-0.4, -0.2) is 13.1 Å². The number of hydrogen-bond acceptors (Lipinski definition) is 1. The summed E-state index contributed by atoms with van der Waals surface area (Å²) in [6, 6.07) is 7.37. The highest BCUT2D eigenvalue weighted by molar-refractivity contribution is 5.39. The van der Waals surface area contributed by atoms with E-state index in [1.807, 2.05) is 0 Å². The monoisotopic (exact) mass is 217 g/mol. The highest BCUT2D eigenvalue weighted by Crippen LogP contribution is 2.53. The van der Waals surface area contributed by atoms with E-state index in [1.165, 1.54) is 17.5 Å². The summed E-state index contributed by atoms with van der Waals surface area (Å²) in [5.41, 5.74) is 4.83. The quantitative estimate of drug-likeness (QED) is 0.800. The minimum absolute atomic E-state index is 0.382. The van der Waals surface area contributed by atoms with Crippen molar-refractivity contribution in [2.75, 3.05) is 7.05 Å². The van der Waals surface area contributed by atoms with Gasteiger partial charge in [-0.3, -0.25) is 0 Å². The van der Waals surface area contributed by atoms with Crippen LogP contribution in [0.2, 0.25) is 0 Å². The third kappa shape index (κ3) is 1.58. The maximum Gasteiger partial charge on any atom is 0.0127 e. The van der Waals surface area contributed by atoms with E-state index in [-0.39, 0.29) is 0 Å². The Labute approximate surface area is 99.3 Å². The zero-order valence-electron chi connectivity index (χ0n) is 11.1. The van der Waals surface area contributed by atoms with Gasteiger partial charge < -0.3 is 5.32 Å². The molecule has 2 atom stereocenters. The average Bonchev–Trinajstić information content (AvgIpc) is 2.23. The first-order valence-electron chi connectivity index (χ1n) is 6.22. The minimum atomic E-state index is 0.382. The van der Waals surface area contributed by atoms with Crippen LogP contribution in [0, 0.1) is 19.3 Å². The Morgan fingerprint density at radius 3 is 2.50 bits per heavy atom. The van der Waals surface area contributed by atoms with Crippen molar-refractivity contribution in [3.8, 4) is 0 Å². The molecule has 1 aromatic rings. The van der Waals surface area contributed by atoms with Crippen LogP contribution < -0.4 is 5.32 Å². The van der Waals surface area contributed by atoms with Crippen LogP contribution in [0.5, 0.6) is 0 Å².